The zero-order valence-corrected chi connectivity index (χ0v) is 20.4. The van der Waals surface area contributed by atoms with Gasteiger partial charge in [-0.05, 0) is 32.1 Å². The molecule has 0 aliphatic heterocycles. The molecule has 186 valence electrons. The second-order valence-corrected chi connectivity index (χ2v) is 7.91. The number of hydrogen-bond acceptors (Lipinski definition) is 5. The predicted molar refractivity (Wildman–Crippen MR) is 131 cm³/mol. The van der Waals surface area contributed by atoms with E-state index in [-0.39, 0.29) is 12.7 Å². The van der Waals surface area contributed by atoms with Crippen LogP contribution in [0.2, 0.25) is 0 Å². The summed E-state index contributed by atoms with van der Waals surface area (Å²) in [4.78, 5) is 0. The first kappa shape index (κ1) is 32.1. The summed E-state index contributed by atoms with van der Waals surface area (Å²) in [5, 5.41) is 18.1. The molecule has 0 fully saturated rings. The van der Waals surface area contributed by atoms with Crippen LogP contribution in [-0.4, -0.2) is 49.4 Å². The third kappa shape index (κ3) is 33.8. The minimum absolute atomic E-state index is 0.250. The quantitative estimate of drug-likeness (QED) is 0.131. The summed E-state index contributed by atoms with van der Waals surface area (Å²) in [6, 6.07) is 0. The Bertz CT molecular complexity index is 336. The van der Waals surface area contributed by atoms with Gasteiger partial charge in [-0.25, -0.2) is 0 Å². The van der Waals surface area contributed by atoms with E-state index in [1.54, 1.807) is 0 Å². The number of hydrogen-bond donors (Lipinski definition) is 2. The fourth-order valence-electron chi connectivity index (χ4n) is 3.02. The van der Waals surface area contributed by atoms with Gasteiger partial charge in [0.05, 0.1) is 38.4 Å². The number of ether oxygens (including phenoxy) is 3. The summed E-state index contributed by atoms with van der Waals surface area (Å²) >= 11 is 0. The van der Waals surface area contributed by atoms with Crippen LogP contribution in [-0.2, 0) is 14.2 Å². The number of rotatable bonds is 24. The number of aliphatic hydroxyl groups is 2. The van der Waals surface area contributed by atoms with Crippen LogP contribution in [0, 0.1) is 0 Å². The molecule has 2 N–H and O–H groups in total. The molecule has 0 aromatic heterocycles. The molecule has 0 aromatic rings. The Morgan fingerprint density at radius 3 is 1.68 bits per heavy atom. The molecule has 1 unspecified atom stereocenters. The van der Waals surface area contributed by atoms with Crippen molar-refractivity contribution < 1.29 is 24.4 Å². The molecule has 0 aliphatic rings. The summed E-state index contributed by atoms with van der Waals surface area (Å²) in [5.41, 5.74) is 0. The van der Waals surface area contributed by atoms with Crippen molar-refractivity contribution in [2.75, 3.05) is 33.0 Å². The second kappa shape index (κ2) is 31.1. The van der Waals surface area contributed by atoms with E-state index in [0.717, 1.165) is 38.5 Å². The van der Waals surface area contributed by atoms with Gasteiger partial charge in [0.1, 0.15) is 0 Å². The van der Waals surface area contributed by atoms with Crippen molar-refractivity contribution in [2.45, 2.75) is 109 Å². The van der Waals surface area contributed by atoms with Crippen molar-refractivity contribution in [2.24, 2.45) is 0 Å². The minimum atomic E-state index is -0.298. The summed E-state index contributed by atoms with van der Waals surface area (Å²) < 4.78 is 15.3. The molecule has 0 saturated carbocycles. The monoisotopic (exact) mass is 444 g/mol. The average molecular weight is 445 g/mol. The molecule has 0 amide bonds. The van der Waals surface area contributed by atoms with Crippen LogP contribution in [0.5, 0.6) is 0 Å². The molecule has 0 aliphatic carbocycles. The van der Waals surface area contributed by atoms with Crippen LogP contribution in [0.1, 0.15) is 103 Å². The summed E-state index contributed by atoms with van der Waals surface area (Å²) in [6.45, 7) is 11.9. The van der Waals surface area contributed by atoms with E-state index in [4.69, 9.17) is 19.3 Å². The topological polar surface area (TPSA) is 68.2 Å². The maximum absolute atomic E-state index is 9.85. The first-order chi connectivity index (χ1) is 15.2. The van der Waals surface area contributed by atoms with E-state index in [2.05, 4.69) is 20.1 Å². The lowest BCUT2D eigenvalue weighted by Crippen LogP contribution is -2.15. The Morgan fingerprint density at radius 1 is 0.677 bits per heavy atom. The van der Waals surface area contributed by atoms with Gasteiger partial charge < -0.3 is 24.4 Å². The highest BCUT2D eigenvalue weighted by Crippen LogP contribution is 2.12. The van der Waals surface area contributed by atoms with Crippen LogP contribution in [0.25, 0.3) is 0 Å². The van der Waals surface area contributed by atoms with Crippen molar-refractivity contribution in [3.05, 3.63) is 25.7 Å². The molecule has 0 radical (unpaired) electrons. The van der Waals surface area contributed by atoms with Crippen LogP contribution < -0.4 is 0 Å². The van der Waals surface area contributed by atoms with E-state index >= 15 is 0 Å². The van der Waals surface area contributed by atoms with Gasteiger partial charge in [0.25, 0.3) is 0 Å². The van der Waals surface area contributed by atoms with Crippen LogP contribution in [0.3, 0.4) is 0 Å². The standard InChI is InChI=1S/C20H40O3.C6H12O2/c1-3-5-6-7-8-9-10-11-12-13-16-20(21)19-23-18-15-14-17-22-4-2;1-2-8-6-4-3-5-7/h4,20-21H,2-3,5-19H2,1H3;2,7H,1,3-6H2. The van der Waals surface area contributed by atoms with Gasteiger partial charge in [-0.2, -0.15) is 0 Å². The molecular weight excluding hydrogens is 392 g/mol. The van der Waals surface area contributed by atoms with E-state index in [9.17, 15) is 5.11 Å². The lowest BCUT2D eigenvalue weighted by atomic mass is 10.0. The molecule has 0 saturated heterocycles. The van der Waals surface area contributed by atoms with Crippen molar-refractivity contribution >= 4 is 0 Å². The lowest BCUT2D eigenvalue weighted by molar-refractivity contribution is 0.0286. The highest BCUT2D eigenvalue weighted by atomic mass is 16.5. The molecule has 0 heterocycles. The molecular formula is C26H52O5. The Labute approximate surface area is 192 Å². The van der Waals surface area contributed by atoms with Crippen LogP contribution in [0.4, 0.5) is 0 Å². The average Bonchev–Trinajstić information content (AvgIpc) is 2.78. The predicted octanol–water partition coefficient (Wildman–Crippen LogP) is 6.53. The fraction of sp³-hybridized carbons (Fsp3) is 0.846. The highest BCUT2D eigenvalue weighted by Gasteiger charge is 2.04. The number of unbranched alkanes of at least 4 members (excludes halogenated alkanes) is 11. The zero-order chi connectivity index (χ0) is 23.3. The van der Waals surface area contributed by atoms with Gasteiger partial charge in [-0.3, -0.25) is 0 Å². The van der Waals surface area contributed by atoms with Gasteiger partial charge in [-0.1, -0.05) is 84.3 Å². The van der Waals surface area contributed by atoms with E-state index in [1.807, 2.05) is 0 Å². The molecule has 5 nitrogen and oxygen atoms in total. The Kier molecular flexibility index (Phi) is 32.3. The minimum Gasteiger partial charge on any atom is -0.502 e. The first-order valence-corrected chi connectivity index (χ1v) is 12.5. The van der Waals surface area contributed by atoms with Crippen molar-refractivity contribution in [1.29, 1.82) is 0 Å². The Balaban J connectivity index is 0. The fourth-order valence-corrected chi connectivity index (χ4v) is 3.02. The maximum atomic E-state index is 9.85. The second-order valence-electron chi connectivity index (χ2n) is 7.91. The molecule has 0 rings (SSSR count). The summed E-state index contributed by atoms with van der Waals surface area (Å²) in [5.74, 6) is 0. The molecule has 0 spiro atoms. The van der Waals surface area contributed by atoms with Crippen molar-refractivity contribution in [1.82, 2.24) is 0 Å². The molecule has 1 atom stereocenters. The van der Waals surface area contributed by atoms with E-state index in [1.165, 1.54) is 70.3 Å². The molecule has 0 aromatic carbocycles. The maximum Gasteiger partial charge on any atom is 0.0873 e. The molecule has 5 heteroatoms. The highest BCUT2D eigenvalue weighted by molar-refractivity contribution is 4.56. The SMILES string of the molecule is C=COCCCCO.C=COCCCCOCC(O)CCCCCCCCCCCC. The number of aliphatic hydroxyl groups excluding tert-OH is 2. The third-order valence-corrected chi connectivity index (χ3v) is 4.91. The van der Waals surface area contributed by atoms with Crippen molar-refractivity contribution in [3.8, 4) is 0 Å². The van der Waals surface area contributed by atoms with Gasteiger partial charge in [0, 0.05) is 13.2 Å². The van der Waals surface area contributed by atoms with Crippen LogP contribution in [0.15, 0.2) is 25.7 Å². The Morgan fingerprint density at radius 2 is 1.16 bits per heavy atom. The van der Waals surface area contributed by atoms with Gasteiger partial charge >= 0.3 is 0 Å². The first-order valence-electron chi connectivity index (χ1n) is 12.5. The van der Waals surface area contributed by atoms with Crippen molar-refractivity contribution in [3.63, 3.8) is 0 Å². The zero-order valence-electron chi connectivity index (χ0n) is 20.4. The molecule has 31 heavy (non-hydrogen) atoms. The summed E-state index contributed by atoms with van der Waals surface area (Å²) in [7, 11) is 0. The van der Waals surface area contributed by atoms with Gasteiger partial charge in [-0.15, -0.1) is 0 Å². The molecule has 0 bridgehead atoms. The van der Waals surface area contributed by atoms with Gasteiger partial charge in [0.2, 0.25) is 0 Å². The van der Waals surface area contributed by atoms with Crippen LogP contribution >= 0.6 is 0 Å². The smallest absolute Gasteiger partial charge is 0.0873 e. The lowest BCUT2D eigenvalue weighted by Gasteiger charge is -2.11. The largest absolute Gasteiger partial charge is 0.502 e. The third-order valence-electron chi connectivity index (χ3n) is 4.91. The normalized spacial score (nSPS) is 11.3. The Hall–Kier alpha value is -1.04. The summed E-state index contributed by atoms with van der Waals surface area (Å²) in [6.07, 6.45) is 20.5. The van der Waals surface area contributed by atoms with E-state index in [0.29, 0.717) is 26.4 Å². The van der Waals surface area contributed by atoms with E-state index < -0.39 is 0 Å². The van der Waals surface area contributed by atoms with Gasteiger partial charge in [0.15, 0.2) is 0 Å².